The number of rotatable bonds is 4. The van der Waals surface area contributed by atoms with Gasteiger partial charge in [0.1, 0.15) is 22.3 Å². The molecule has 0 saturated carbocycles. The van der Waals surface area contributed by atoms with E-state index in [1.165, 1.54) is 5.39 Å². The Balaban J connectivity index is 1.12. The van der Waals surface area contributed by atoms with Gasteiger partial charge in [-0.1, -0.05) is 127 Å². The summed E-state index contributed by atoms with van der Waals surface area (Å²) >= 11 is 0. The van der Waals surface area contributed by atoms with E-state index in [0.717, 1.165) is 87.9 Å². The summed E-state index contributed by atoms with van der Waals surface area (Å²) in [7, 11) is 0. The van der Waals surface area contributed by atoms with Crippen LogP contribution in [-0.2, 0) is 0 Å². The lowest BCUT2D eigenvalue weighted by atomic mass is 9.94. The first-order chi connectivity index (χ1) is 25.7. The lowest BCUT2D eigenvalue weighted by Gasteiger charge is -2.10. The highest BCUT2D eigenvalue weighted by molar-refractivity contribution is 6.22. The zero-order valence-electron chi connectivity index (χ0n) is 27.7. The second-order valence-electron chi connectivity index (χ2n) is 13.2. The molecule has 0 N–H and O–H groups in total. The van der Waals surface area contributed by atoms with Crippen LogP contribution in [0.5, 0.6) is 0 Å². The molecule has 11 aromatic rings. The van der Waals surface area contributed by atoms with Crippen LogP contribution in [-0.4, -0.2) is 15.0 Å². The Morgan fingerprint density at radius 3 is 1.88 bits per heavy atom. The molecule has 0 radical (unpaired) electrons. The number of hydrogen-bond donors (Lipinski definition) is 0. The second kappa shape index (κ2) is 11.2. The number of benzene rings is 8. The van der Waals surface area contributed by atoms with E-state index in [1.807, 2.05) is 54.6 Å². The van der Waals surface area contributed by atoms with E-state index >= 15 is 0 Å². The Labute approximate surface area is 297 Å². The summed E-state index contributed by atoms with van der Waals surface area (Å²) in [6.07, 6.45) is 0. The fraction of sp³-hybridized carbons (Fsp3) is 0. The molecule has 0 spiro atoms. The van der Waals surface area contributed by atoms with Crippen molar-refractivity contribution < 1.29 is 8.83 Å². The SMILES string of the molecule is c1ccc(-c2nc(-c3ccc4ccccc4c3)nc(-c3cccc4oc5cc(-c6cc7ccccc7c7oc8ccccc8c67)ccc5c34)n2)cc1. The van der Waals surface area contributed by atoms with Crippen molar-refractivity contribution in [2.45, 2.75) is 0 Å². The molecule has 0 fully saturated rings. The molecule has 5 heteroatoms. The number of furan rings is 2. The van der Waals surface area contributed by atoms with Crippen LogP contribution in [0.1, 0.15) is 0 Å². The minimum Gasteiger partial charge on any atom is -0.456 e. The lowest BCUT2D eigenvalue weighted by molar-refractivity contribution is 0.669. The Kier molecular flexibility index (Phi) is 6.18. The highest BCUT2D eigenvalue weighted by Gasteiger charge is 2.20. The molecule has 11 rings (SSSR count). The van der Waals surface area contributed by atoms with E-state index in [4.69, 9.17) is 23.8 Å². The second-order valence-corrected chi connectivity index (χ2v) is 13.2. The standard InChI is InChI=1S/C47H27N3O2/c1-2-12-29(13-3-1)45-48-46(33-22-21-28-11-4-5-14-30(28)25-33)50-47(49-45)37-18-10-20-40-42(37)36-24-23-32(27-41(36)51-40)38-26-31-15-6-7-16-34(31)44-43(38)35-17-8-9-19-39(35)52-44/h1-27H. The van der Waals surface area contributed by atoms with Crippen molar-refractivity contribution in [1.29, 1.82) is 0 Å². The van der Waals surface area contributed by atoms with Crippen LogP contribution in [0.25, 0.3) is 111 Å². The average Bonchev–Trinajstić information content (AvgIpc) is 3.79. The zero-order chi connectivity index (χ0) is 34.2. The summed E-state index contributed by atoms with van der Waals surface area (Å²) in [6.45, 7) is 0. The summed E-state index contributed by atoms with van der Waals surface area (Å²) in [5.74, 6) is 1.83. The third-order valence-corrected chi connectivity index (χ3v) is 10.1. The first-order valence-corrected chi connectivity index (χ1v) is 17.3. The normalized spacial score (nSPS) is 11.8. The third-order valence-electron chi connectivity index (χ3n) is 10.1. The molecule has 3 heterocycles. The van der Waals surface area contributed by atoms with Crippen LogP contribution in [0, 0.1) is 0 Å². The van der Waals surface area contributed by atoms with Crippen molar-refractivity contribution in [3.05, 3.63) is 164 Å². The van der Waals surface area contributed by atoms with Gasteiger partial charge in [-0.05, 0) is 63.7 Å². The van der Waals surface area contributed by atoms with Gasteiger partial charge in [-0.25, -0.2) is 15.0 Å². The number of aromatic nitrogens is 3. The van der Waals surface area contributed by atoms with Crippen molar-refractivity contribution in [3.63, 3.8) is 0 Å². The molecule has 242 valence electrons. The van der Waals surface area contributed by atoms with E-state index in [9.17, 15) is 0 Å². The predicted molar refractivity (Wildman–Crippen MR) is 211 cm³/mol. The molecule has 0 unspecified atom stereocenters. The topological polar surface area (TPSA) is 65.0 Å². The number of para-hydroxylation sites is 1. The molecular formula is C47H27N3O2. The maximum Gasteiger partial charge on any atom is 0.164 e. The molecule has 0 aliphatic heterocycles. The minimum absolute atomic E-state index is 0.593. The maximum absolute atomic E-state index is 6.63. The van der Waals surface area contributed by atoms with Crippen molar-refractivity contribution in [2.75, 3.05) is 0 Å². The number of nitrogens with zero attached hydrogens (tertiary/aromatic N) is 3. The van der Waals surface area contributed by atoms with Gasteiger partial charge in [-0.15, -0.1) is 0 Å². The van der Waals surface area contributed by atoms with E-state index in [0.29, 0.717) is 17.5 Å². The quantitative estimate of drug-likeness (QED) is 0.187. The van der Waals surface area contributed by atoms with Gasteiger partial charge >= 0.3 is 0 Å². The first-order valence-electron chi connectivity index (χ1n) is 17.3. The summed E-state index contributed by atoms with van der Waals surface area (Å²) in [6, 6.07) is 56.3. The molecule has 0 aliphatic rings. The van der Waals surface area contributed by atoms with Gasteiger partial charge in [0, 0.05) is 43.6 Å². The Morgan fingerprint density at radius 1 is 0.327 bits per heavy atom. The lowest BCUT2D eigenvalue weighted by Crippen LogP contribution is -2.00. The van der Waals surface area contributed by atoms with Crippen LogP contribution in [0.4, 0.5) is 0 Å². The Morgan fingerprint density at radius 2 is 1.00 bits per heavy atom. The fourth-order valence-corrected chi connectivity index (χ4v) is 7.64. The van der Waals surface area contributed by atoms with Crippen molar-refractivity contribution in [2.24, 2.45) is 0 Å². The summed E-state index contributed by atoms with van der Waals surface area (Å²) in [5.41, 5.74) is 8.24. The van der Waals surface area contributed by atoms with Crippen molar-refractivity contribution >= 4 is 65.4 Å². The van der Waals surface area contributed by atoms with E-state index in [-0.39, 0.29) is 0 Å². The van der Waals surface area contributed by atoms with Gasteiger partial charge in [0.2, 0.25) is 0 Å². The van der Waals surface area contributed by atoms with Gasteiger partial charge in [-0.2, -0.15) is 0 Å². The molecule has 0 atom stereocenters. The summed E-state index contributed by atoms with van der Waals surface area (Å²) in [4.78, 5) is 15.2. The van der Waals surface area contributed by atoms with Crippen LogP contribution in [0.2, 0.25) is 0 Å². The monoisotopic (exact) mass is 665 g/mol. The van der Waals surface area contributed by atoms with Crippen LogP contribution in [0.15, 0.2) is 173 Å². The fourth-order valence-electron chi connectivity index (χ4n) is 7.64. The van der Waals surface area contributed by atoms with Crippen LogP contribution in [0.3, 0.4) is 0 Å². The molecule has 0 bridgehead atoms. The van der Waals surface area contributed by atoms with Crippen LogP contribution < -0.4 is 0 Å². The van der Waals surface area contributed by atoms with Crippen molar-refractivity contribution in [3.8, 4) is 45.3 Å². The molecule has 8 aromatic carbocycles. The minimum atomic E-state index is 0.593. The third kappa shape index (κ3) is 4.46. The van der Waals surface area contributed by atoms with E-state index in [1.54, 1.807) is 0 Å². The molecule has 5 nitrogen and oxygen atoms in total. The maximum atomic E-state index is 6.63. The Bertz CT molecular complexity index is 3190. The molecule has 0 aliphatic carbocycles. The molecule has 0 amide bonds. The van der Waals surface area contributed by atoms with E-state index in [2.05, 4.69) is 109 Å². The summed E-state index contributed by atoms with van der Waals surface area (Å²) in [5, 5.41) is 8.69. The van der Waals surface area contributed by atoms with Gasteiger partial charge in [0.05, 0.1) is 0 Å². The average molecular weight is 666 g/mol. The highest BCUT2D eigenvalue weighted by Crippen LogP contribution is 2.43. The Hall–Kier alpha value is -7.11. The number of hydrogen-bond acceptors (Lipinski definition) is 5. The van der Waals surface area contributed by atoms with Gasteiger partial charge in [-0.3, -0.25) is 0 Å². The number of fused-ring (bicyclic) bond motifs is 9. The van der Waals surface area contributed by atoms with Gasteiger partial charge < -0.3 is 8.83 Å². The predicted octanol–water partition coefficient (Wildman–Crippen LogP) is 12.6. The largest absolute Gasteiger partial charge is 0.456 e. The van der Waals surface area contributed by atoms with Crippen LogP contribution >= 0.6 is 0 Å². The molecule has 0 saturated heterocycles. The van der Waals surface area contributed by atoms with Gasteiger partial charge in [0.15, 0.2) is 17.5 Å². The first kappa shape index (κ1) is 28.7. The highest BCUT2D eigenvalue weighted by atomic mass is 16.3. The zero-order valence-corrected chi connectivity index (χ0v) is 27.7. The summed E-state index contributed by atoms with van der Waals surface area (Å²) < 4.78 is 13.1. The van der Waals surface area contributed by atoms with Crippen molar-refractivity contribution in [1.82, 2.24) is 15.0 Å². The molecule has 3 aromatic heterocycles. The van der Waals surface area contributed by atoms with Gasteiger partial charge in [0.25, 0.3) is 0 Å². The molecular weight excluding hydrogens is 639 g/mol. The van der Waals surface area contributed by atoms with E-state index < -0.39 is 0 Å². The smallest absolute Gasteiger partial charge is 0.164 e. The molecule has 52 heavy (non-hydrogen) atoms.